The highest BCUT2D eigenvalue weighted by atomic mass is 32.1. The lowest BCUT2D eigenvalue weighted by atomic mass is 10.1. The van der Waals surface area contributed by atoms with Crippen LogP contribution in [-0.4, -0.2) is 92.1 Å². The molecule has 2 amide bonds. The molecule has 0 radical (unpaired) electrons. The first-order chi connectivity index (χ1) is 15.2. The molecule has 1 atom stereocenters. The molecular weight excluding hydrogens is 412 g/mol. The van der Waals surface area contributed by atoms with Crippen molar-refractivity contribution in [3.8, 4) is 0 Å². The van der Waals surface area contributed by atoms with Gasteiger partial charge in [0, 0.05) is 44.1 Å². The molecule has 2 aliphatic rings. The van der Waals surface area contributed by atoms with E-state index in [1.165, 1.54) is 0 Å². The molecule has 4 rings (SSSR count). The van der Waals surface area contributed by atoms with Gasteiger partial charge >= 0.3 is 0 Å². The second-order valence-electron chi connectivity index (χ2n) is 7.97. The maximum Gasteiger partial charge on any atom is 0.236 e. The van der Waals surface area contributed by atoms with Crippen LogP contribution in [0.5, 0.6) is 0 Å². The van der Waals surface area contributed by atoms with E-state index in [9.17, 15) is 9.59 Å². The molecule has 0 aliphatic carbocycles. The van der Waals surface area contributed by atoms with Crippen LogP contribution in [0.4, 0.5) is 0 Å². The Morgan fingerprint density at radius 2 is 1.58 bits per heavy atom. The summed E-state index contributed by atoms with van der Waals surface area (Å²) in [6.07, 6.45) is 0. The molecule has 8 heteroatoms. The number of piperazine rings is 1. The van der Waals surface area contributed by atoms with Crippen molar-refractivity contribution >= 4 is 23.2 Å². The molecule has 0 bridgehead atoms. The molecule has 31 heavy (non-hydrogen) atoms. The number of carbonyl (C=O) groups is 2. The second-order valence-corrected chi connectivity index (χ2v) is 8.95. The van der Waals surface area contributed by atoms with Gasteiger partial charge in [-0.05, 0) is 17.0 Å². The van der Waals surface area contributed by atoms with E-state index in [1.807, 2.05) is 34.5 Å². The lowest BCUT2D eigenvalue weighted by Gasteiger charge is -2.35. The van der Waals surface area contributed by atoms with Gasteiger partial charge in [0.05, 0.1) is 32.3 Å². The summed E-state index contributed by atoms with van der Waals surface area (Å²) in [5, 5.41) is 5.25. The van der Waals surface area contributed by atoms with Gasteiger partial charge in [0.1, 0.15) is 0 Å². The average molecular weight is 443 g/mol. The summed E-state index contributed by atoms with van der Waals surface area (Å²) < 4.78 is 5.32. The van der Waals surface area contributed by atoms with Gasteiger partial charge in [0.2, 0.25) is 11.8 Å². The zero-order valence-electron chi connectivity index (χ0n) is 17.7. The van der Waals surface area contributed by atoms with Crippen molar-refractivity contribution in [1.82, 2.24) is 20.0 Å². The summed E-state index contributed by atoms with van der Waals surface area (Å²) in [7, 11) is 0. The zero-order chi connectivity index (χ0) is 21.5. The smallest absolute Gasteiger partial charge is 0.236 e. The second kappa shape index (κ2) is 10.9. The molecular formula is C23H30N4O3S. The number of thiophene rings is 1. The molecule has 0 unspecified atom stereocenters. The number of benzene rings is 1. The van der Waals surface area contributed by atoms with Gasteiger partial charge in [-0.3, -0.25) is 19.4 Å². The molecule has 3 heterocycles. The number of morpholine rings is 1. The number of ether oxygens (including phenoxy) is 1. The first-order valence-corrected chi connectivity index (χ1v) is 11.7. The number of hydrogen-bond donors (Lipinski definition) is 1. The van der Waals surface area contributed by atoms with Crippen molar-refractivity contribution < 1.29 is 14.3 Å². The summed E-state index contributed by atoms with van der Waals surface area (Å²) in [5.41, 5.74) is 1.09. The van der Waals surface area contributed by atoms with Crippen LogP contribution in [0.1, 0.15) is 16.5 Å². The number of carbonyl (C=O) groups excluding carboxylic acids is 2. The van der Waals surface area contributed by atoms with E-state index in [2.05, 4.69) is 33.3 Å². The van der Waals surface area contributed by atoms with Crippen molar-refractivity contribution in [1.29, 1.82) is 0 Å². The normalized spacial score (nSPS) is 19.2. The van der Waals surface area contributed by atoms with E-state index >= 15 is 0 Å². The minimum Gasteiger partial charge on any atom is -0.378 e. The molecule has 0 saturated carbocycles. The third-order valence-corrected chi connectivity index (χ3v) is 6.76. The monoisotopic (exact) mass is 442 g/mol. The summed E-state index contributed by atoms with van der Waals surface area (Å²) in [5.74, 6) is 0.205. The number of rotatable bonds is 7. The van der Waals surface area contributed by atoms with Gasteiger partial charge in [-0.15, -0.1) is 11.3 Å². The Bertz CT molecular complexity index is 832. The Labute approximate surface area is 187 Å². The van der Waals surface area contributed by atoms with Crippen LogP contribution in [0.15, 0.2) is 47.8 Å². The zero-order valence-corrected chi connectivity index (χ0v) is 18.6. The van der Waals surface area contributed by atoms with Crippen molar-refractivity contribution in [2.24, 2.45) is 0 Å². The minimum atomic E-state index is -0.124. The molecule has 2 aliphatic heterocycles. The SMILES string of the molecule is O=C(CN1CCN(CC(=O)N2CCOCC2)CC1)N[C@H](c1ccccc1)c1cccs1. The predicted molar refractivity (Wildman–Crippen MR) is 121 cm³/mol. The van der Waals surface area contributed by atoms with Gasteiger partial charge in [0.25, 0.3) is 0 Å². The van der Waals surface area contributed by atoms with E-state index in [4.69, 9.17) is 4.74 Å². The summed E-state index contributed by atoms with van der Waals surface area (Å²) >= 11 is 1.65. The number of nitrogens with one attached hydrogen (secondary N) is 1. The van der Waals surface area contributed by atoms with Crippen molar-refractivity contribution in [3.05, 3.63) is 58.3 Å². The lowest BCUT2D eigenvalue weighted by molar-refractivity contribution is -0.137. The van der Waals surface area contributed by atoms with E-state index in [0.29, 0.717) is 39.4 Å². The predicted octanol–water partition coefficient (Wildman–Crippen LogP) is 1.43. The largest absolute Gasteiger partial charge is 0.378 e. The Morgan fingerprint density at radius 1 is 0.903 bits per heavy atom. The van der Waals surface area contributed by atoms with Crippen molar-refractivity contribution in [2.45, 2.75) is 6.04 Å². The maximum absolute atomic E-state index is 12.8. The Morgan fingerprint density at radius 3 is 2.23 bits per heavy atom. The van der Waals surface area contributed by atoms with Crippen LogP contribution in [-0.2, 0) is 14.3 Å². The number of nitrogens with zero attached hydrogens (tertiary/aromatic N) is 3. The van der Waals surface area contributed by atoms with E-state index < -0.39 is 0 Å². The standard InChI is InChI=1S/C23H30N4O3S/c28-21(24-23(20-7-4-16-31-20)19-5-2-1-3-6-19)17-25-8-10-26(11-9-25)18-22(29)27-12-14-30-15-13-27/h1-7,16,23H,8-15,17-18H2,(H,24,28)/t23-/m1/s1. The van der Waals surface area contributed by atoms with E-state index in [1.54, 1.807) is 11.3 Å². The third-order valence-electron chi connectivity index (χ3n) is 5.82. The van der Waals surface area contributed by atoms with Crippen LogP contribution < -0.4 is 5.32 Å². The Kier molecular flexibility index (Phi) is 7.69. The Balaban J connectivity index is 1.25. The first kappa shape index (κ1) is 22.0. The Hall–Kier alpha value is -2.26. The topological polar surface area (TPSA) is 65.1 Å². The molecule has 2 aromatic rings. The molecule has 1 aromatic heterocycles. The molecule has 0 spiro atoms. The summed E-state index contributed by atoms with van der Waals surface area (Å²) in [6, 6.07) is 14.0. The highest BCUT2D eigenvalue weighted by Gasteiger charge is 2.25. The van der Waals surface area contributed by atoms with Gasteiger partial charge in [-0.25, -0.2) is 0 Å². The van der Waals surface area contributed by atoms with Crippen molar-refractivity contribution in [3.63, 3.8) is 0 Å². The van der Waals surface area contributed by atoms with Crippen LogP contribution in [0, 0.1) is 0 Å². The van der Waals surface area contributed by atoms with Crippen LogP contribution in [0.2, 0.25) is 0 Å². The molecule has 2 fully saturated rings. The molecule has 166 valence electrons. The molecule has 1 aromatic carbocycles. The highest BCUT2D eigenvalue weighted by molar-refractivity contribution is 7.10. The highest BCUT2D eigenvalue weighted by Crippen LogP contribution is 2.25. The van der Waals surface area contributed by atoms with Gasteiger partial charge in [-0.1, -0.05) is 36.4 Å². The quantitative estimate of drug-likeness (QED) is 0.703. The summed E-state index contributed by atoms with van der Waals surface area (Å²) in [4.78, 5) is 32.6. The molecule has 1 N–H and O–H groups in total. The van der Waals surface area contributed by atoms with E-state index in [0.717, 1.165) is 36.6 Å². The molecule has 2 saturated heterocycles. The van der Waals surface area contributed by atoms with Gasteiger partial charge in [-0.2, -0.15) is 0 Å². The first-order valence-electron chi connectivity index (χ1n) is 10.9. The summed E-state index contributed by atoms with van der Waals surface area (Å²) in [6.45, 7) is 6.64. The van der Waals surface area contributed by atoms with Gasteiger partial charge < -0.3 is 15.0 Å². The van der Waals surface area contributed by atoms with Crippen LogP contribution >= 0.6 is 11.3 Å². The van der Waals surface area contributed by atoms with E-state index in [-0.39, 0.29) is 17.9 Å². The fourth-order valence-electron chi connectivity index (χ4n) is 4.04. The fraction of sp³-hybridized carbons (Fsp3) is 0.478. The average Bonchev–Trinajstić information content (AvgIpc) is 3.34. The third kappa shape index (κ3) is 6.13. The molecule has 7 nitrogen and oxygen atoms in total. The number of hydrogen-bond acceptors (Lipinski definition) is 6. The fourth-order valence-corrected chi connectivity index (χ4v) is 4.84. The van der Waals surface area contributed by atoms with Crippen molar-refractivity contribution in [2.75, 3.05) is 65.6 Å². The van der Waals surface area contributed by atoms with Crippen LogP contribution in [0.25, 0.3) is 0 Å². The van der Waals surface area contributed by atoms with Gasteiger partial charge in [0.15, 0.2) is 0 Å². The lowest BCUT2D eigenvalue weighted by Crippen LogP contribution is -2.53. The minimum absolute atomic E-state index is 0.0279. The maximum atomic E-state index is 12.8. The number of amides is 2. The van der Waals surface area contributed by atoms with Crippen LogP contribution in [0.3, 0.4) is 0 Å².